The first kappa shape index (κ1) is 14.8. The summed E-state index contributed by atoms with van der Waals surface area (Å²) in [4.78, 5) is 14.1. The van der Waals surface area contributed by atoms with Crippen LogP contribution in [0.4, 0.5) is 0 Å². The van der Waals surface area contributed by atoms with Crippen LogP contribution in [-0.2, 0) is 9.53 Å². The van der Waals surface area contributed by atoms with Gasteiger partial charge in [-0.3, -0.25) is 4.79 Å². The maximum absolute atomic E-state index is 12.2. The van der Waals surface area contributed by atoms with Gasteiger partial charge in [0.25, 0.3) is 0 Å². The molecule has 0 spiro atoms. The molecule has 5 nitrogen and oxygen atoms in total. The molecule has 0 bridgehead atoms. The van der Waals surface area contributed by atoms with E-state index in [2.05, 4.69) is 5.32 Å². The van der Waals surface area contributed by atoms with Crippen molar-refractivity contribution in [3.8, 4) is 0 Å². The Bertz CT molecular complexity index is 292. The molecule has 1 heterocycles. The average molecular weight is 270 g/mol. The highest BCUT2D eigenvalue weighted by Crippen LogP contribution is 2.30. The predicted octanol–water partition coefficient (Wildman–Crippen LogP) is 0.232. The van der Waals surface area contributed by atoms with Gasteiger partial charge in [-0.2, -0.15) is 0 Å². The van der Waals surface area contributed by atoms with Gasteiger partial charge in [0.15, 0.2) is 0 Å². The molecule has 2 N–H and O–H groups in total. The molecular weight excluding hydrogens is 244 g/mol. The maximum atomic E-state index is 12.2. The van der Waals surface area contributed by atoms with Crippen molar-refractivity contribution < 1.29 is 14.6 Å². The summed E-state index contributed by atoms with van der Waals surface area (Å²) in [5.41, 5.74) is 0. The number of hydrogen-bond acceptors (Lipinski definition) is 4. The van der Waals surface area contributed by atoms with Gasteiger partial charge in [0.05, 0.1) is 19.3 Å². The lowest BCUT2D eigenvalue weighted by molar-refractivity contribution is -0.137. The van der Waals surface area contributed by atoms with E-state index in [0.717, 1.165) is 19.4 Å². The number of amides is 1. The molecule has 2 aliphatic rings. The van der Waals surface area contributed by atoms with Crippen LogP contribution in [0.5, 0.6) is 0 Å². The molecule has 3 atom stereocenters. The van der Waals surface area contributed by atoms with Gasteiger partial charge in [0.1, 0.15) is 0 Å². The second-order valence-electron chi connectivity index (χ2n) is 5.70. The molecule has 19 heavy (non-hydrogen) atoms. The fraction of sp³-hybridized carbons (Fsp3) is 0.929. The summed E-state index contributed by atoms with van der Waals surface area (Å²) in [6, 6.07) is -0.141. The summed E-state index contributed by atoms with van der Waals surface area (Å²) in [5, 5.41) is 12.6. The number of nitrogens with zero attached hydrogens (tertiary/aromatic N) is 1. The number of aliphatic hydroxyl groups excluding tert-OH is 1. The Hall–Kier alpha value is -0.650. The lowest BCUT2D eigenvalue weighted by atomic mass is 9.96. The van der Waals surface area contributed by atoms with Crippen LogP contribution in [0.1, 0.15) is 26.2 Å². The molecule has 0 aromatic rings. The van der Waals surface area contributed by atoms with Gasteiger partial charge >= 0.3 is 0 Å². The summed E-state index contributed by atoms with van der Waals surface area (Å²) in [6.45, 7) is 5.74. The molecule has 1 aliphatic heterocycles. The van der Waals surface area contributed by atoms with Crippen molar-refractivity contribution in [3.63, 3.8) is 0 Å². The number of carbonyl (C=O) groups excluding carboxylic acids is 1. The van der Waals surface area contributed by atoms with E-state index in [1.54, 1.807) is 0 Å². The Kier molecular flexibility index (Phi) is 5.60. The number of ether oxygens (including phenoxy) is 1. The highest BCUT2D eigenvalue weighted by Gasteiger charge is 2.28. The van der Waals surface area contributed by atoms with E-state index in [-0.39, 0.29) is 18.6 Å². The van der Waals surface area contributed by atoms with Crippen molar-refractivity contribution >= 4 is 5.91 Å². The average Bonchev–Trinajstić information content (AvgIpc) is 2.92. The van der Waals surface area contributed by atoms with Gasteiger partial charge in [-0.15, -0.1) is 0 Å². The fourth-order valence-electron chi connectivity index (χ4n) is 3.10. The highest BCUT2D eigenvalue weighted by atomic mass is 16.5. The second-order valence-corrected chi connectivity index (χ2v) is 5.70. The van der Waals surface area contributed by atoms with Crippen LogP contribution in [-0.4, -0.2) is 61.4 Å². The van der Waals surface area contributed by atoms with Crippen LogP contribution in [0, 0.1) is 11.8 Å². The lowest BCUT2D eigenvalue weighted by Crippen LogP contribution is -2.50. The summed E-state index contributed by atoms with van der Waals surface area (Å²) >= 11 is 0. The van der Waals surface area contributed by atoms with Gasteiger partial charge in [0.2, 0.25) is 5.91 Å². The minimum atomic E-state index is -0.141. The Labute approximate surface area is 115 Å². The monoisotopic (exact) mass is 270 g/mol. The van der Waals surface area contributed by atoms with Crippen molar-refractivity contribution in [2.75, 3.05) is 39.5 Å². The summed E-state index contributed by atoms with van der Waals surface area (Å²) < 4.78 is 5.26. The van der Waals surface area contributed by atoms with E-state index in [1.807, 2.05) is 11.8 Å². The number of carbonyl (C=O) groups is 1. The molecule has 1 saturated carbocycles. The Morgan fingerprint density at radius 2 is 2.05 bits per heavy atom. The molecule has 0 aromatic heterocycles. The minimum Gasteiger partial charge on any atom is -0.396 e. The van der Waals surface area contributed by atoms with Crippen molar-refractivity contribution in [2.45, 2.75) is 32.2 Å². The van der Waals surface area contributed by atoms with E-state index in [4.69, 9.17) is 4.74 Å². The first-order valence-electron chi connectivity index (χ1n) is 7.43. The van der Waals surface area contributed by atoms with Crippen molar-refractivity contribution in [3.05, 3.63) is 0 Å². The molecular formula is C14H26N2O3. The predicted molar refractivity (Wildman–Crippen MR) is 72.8 cm³/mol. The molecule has 110 valence electrons. The molecule has 3 unspecified atom stereocenters. The van der Waals surface area contributed by atoms with Crippen LogP contribution in [0.25, 0.3) is 0 Å². The van der Waals surface area contributed by atoms with Gasteiger partial charge in [-0.1, -0.05) is 6.42 Å². The summed E-state index contributed by atoms with van der Waals surface area (Å²) in [7, 11) is 0. The number of aliphatic hydroxyl groups is 1. The fourth-order valence-corrected chi connectivity index (χ4v) is 3.10. The standard InChI is InChI=1S/C14H26N2O3/c1-11(14(18)16-5-7-19-8-6-16)15-9-12-3-2-4-13(12)10-17/h11-13,15,17H,2-10H2,1H3. The van der Waals surface area contributed by atoms with Crippen LogP contribution in [0.2, 0.25) is 0 Å². The Morgan fingerprint density at radius 3 is 2.74 bits per heavy atom. The van der Waals surface area contributed by atoms with Crippen LogP contribution in [0.3, 0.4) is 0 Å². The smallest absolute Gasteiger partial charge is 0.239 e. The zero-order valence-electron chi connectivity index (χ0n) is 11.8. The van der Waals surface area contributed by atoms with E-state index >= 15 is 0 Å². The minimum absolute atomic E-state index is 0.141. The van der Waals surface area contributed by atoms with E-state index in [9.17, 15) is 9.90 Å². The van der Waals surface area contributed by atoms with Gasteiger partial charge in [-0.05, 0) is 38.1 Å². The molecule has 5 heteroatoms. The van der Waals surface area contributed by atoms with Gasteiger partial charge in [-0.25, -0.2) is 0 Å². The topological polar surface area (TPSA) is 61.8 Å². The van der Waals surface area contributed by atoms with Gasteiger partial charge < -0.3 is 20.1 Å². The quantitative estimate of drug-likeness (QED) is 0.751. The molecule has 1 aliphatic carbocycles. The molecule has 0 radical (unpaired) electrons. The molecule has 1 amide bonds. The first-order valence-corrected chi connectivity index (χ1v) is 7.43. The molecule has 2 fully saturated rings. The van der Waals surface area contributed by atoms with E-state index in [1.165, 1.54) is 6.42 Å². The molecule has 1 saturated heterocycles. The molecule has 0 aromatic carbocycles. The SMILES string of the molecule is CC(NCC1CCCC1CO)C(=O)N1CCOCC1. The van der Waals surface area contributed by atoms with Crippen molar-refractivity contribution in [1.29, 1.82) is 0 Å². The third-order valence-electron chi connectivity index (χ3n) is 4.43. The van der Waals surface area contributed by atoms with Crippen molar-refractivity contribution in [2.24, 2.45) is 11.8 Å². The summed E-state index contributed by atoms with van der Waals surface area (Å²) in [5.74, 6) is 1.10. The second kappa shape index (κ2) is 7.22. The molecule has 2 rings (SSSR count). The zero-order chi connectivity index (χ0) is 13.7. The third kappa shape index (κ3) is 3.91. The van der Waals surface area contributed by atoms with Gasteiger partial charge in [0, 0.05) is 19.7 Å². The van der Waals surface area contributed by atoms with E-state index in [0.29, 0.717) is 38.1 Å². The number of hydrogen-bond donors (Lipinski definition) is 2. The number of nitrogens with one attached hydrogen (secondary N) is 1. The van der Waals surface area contributed by atoms with Crippen LogP contribution >= 0.6 is 0 Å². The largest absolute Gasteiger partial charge is 0.396 e. The lowest BCUT2D eigenvalue weighted by Gasteiger charge is -2.30. The maximum Gasteiger partial charge on any atom is 0.239 e. The van der Waals surface area contributed by atoms with Crippen LogP contribution in [0.15, 0.2) is 0 Å². The number of rotatable bonds is 5. The zero-order valence-corrected chi connectivity index (χ0v) is 11.8. The van der Waals surface area contributed by atoms with Crippen LogP contribution < -0.4 is 5.32 Å². The highest BCUT2D eigenvalue weighted by molar-refractivity contribution is 5.81. The Morgan fingerprint density at radius 1 is 1.37 bits per heavy atom. The number of morpholine rings is 1. The normalized spacial score (nSPS) is 29.5. The third-order valence-corrected chi connectivity index (χ3v) is 4.43. The van der Waals surface area contributed by atoms with E-state index < -0.39 is 0 Å². The van der Waals surface area contributed by atoms with Crippen molar-refractivity contribution in [1.82, 2.24) is 10.2 Å². The Balaban J connectivity index is 1.73. The summed E-state index contributed by atoms with van der Waals surface area (Å²) in [6.07, 6.45) is 3.48. The first-order chi connectivity index (χ1) is 9.22.